The van der Waals surface area contributed by atoms with E-state index in [0.29, 0.717) is 0 Å². The summed E-state index contributed by atoms with van der Waals surface area (Å²) < 4.78 is 0. The summed E-state index contributed by atoms with van der Waals surface area (Å²) in [5, 5.41) is 0. The lowest BCUT2D eigenvalue weighted by atomic mass is 9.39. The molecule has 44 valence electrons. The molecule has 0 saturated heterocycles. The van der Waals surface area contributed by atoms with E-state index in [2.05, 4.69) is 0 Å². The van der Waals surface area contributed by atoms with Crippen LogP contribution < -0.4 is 0 Å². The van der Waals surface area contributed by atoms with E-state index in [9.17, 15) is 0 Å². The van der Waals surface area contributed by atoms with E-state index >= 15 is 0 Å². The molecule has 0 radical (unpaired) electrons. The van der Waals surface area contributed by atoms with Gasteiger partial charge in [-0.05, 0) is 49.4 Å². The first-order chi connectivity index (χ1) is 3.97. The highest BCUT2D eigenvalue weighted by Crippen LogP contribution is 2.66. The first kappa shape index (κ1) is 3.92. The van der Waals surface area contributed by atoms with Crippen molar-refractivity contribution in [3.63, 3.8) is 0 Å². The minimum absolute atomic E-state index is 1.24. The molecule has 0 N–H and O–H groups in total. The lowest BCUT2D eigenvalue weighted by Gasteiger charge is -2.66. The van der Waals surface area contributed by atoms with E-state index in [1.54, 1.807) is 25.7 Å². The Balaban J connectivity index is 1.87. The van der Waals surface area contributed by atoms with Crippen molar-refractivity contribution >= 4 is 0 Å². The van der Waals surface area contributed by atoms with Crippen LogP contribution in [0.4, 0.5) is 0 Å². The summed E-state index contributed by atoms with van der Waals surface area (Å²) in [6.45, 7) is 0. The van der Waals surface area contributed by atoms with Gasteiger partial charge in [0.1, 0.15) is 0 Å². The minimum atomic E-state index is 1.24. The van der Waals surface area contributed by atoms with Crippen LogP contribution in [0.2, 0.25) is 0 Å². The molecular formula is C8H12. The van der Waals surface area contributed by atoms with E-state index in [1.165, 1.54) is 23.7 Å². The summed E-state index contributed by atoms with van der Waals surface area (Å²) in [5.74, 6) is 4.98. The second-order valence-electron chi connectivity index (χ2n) is 3.81. The molecule has 0 unspecified atom stereocenters. The molecule has 3 rings (SSSR count). The Hall–Kier alpha value is 0. The smallest absolute Gasteiger partial charge is 0.0352 e. The summed E-state index contributed by atoms with van der Waals surface area (Å²) in [5.41, 5.74) is 0. The lowest BCUT2D eigenvalue weighted by Crippen LogP contribution is -2.58. The molecule has 3 aliphatic carbocycles. The summed E-state index contributed by atoms with van der Waals surface area (Å²) in [6.07, 6.45) is 6.36. The molecule has 0 amide bonds. The highest BCUT2D eigenvalue weighted by Gasteiger charge is 2.58. The maximum absolute atomic E-state index is 1.59. The first-order valence-electron chi connectivity index (χ1n) is 3.97. The van der Waals surface area contributed by atoms with Gasteiger partial charge in [-0.15, -0.1) is 0 Å². The summed E-state index contributed by atoms with van der Waals surface area (Å²) >= 11 is 0. The largest absolute Gasteiger partial charge is 0.0496 e. The predicted octanol–water partition coefficient (Wildman–Crippen LogP) is 2.05. The minimum Gasteiger partial charge on any atom is -0.0496 e. The maximum atomic E-state index is 1.59. The van der Waals surface area contributed by atoms with E-state index in [0.717, 1.165) is 0 Å². The van der Waals surface area contributed by atoms with E-state index in [1.807, 2.05) is 0 Å². The van der Waals surface area contributed by atoms with Crippen LogP contribution in [-0.4, -0.2) is 0 Å². The van der Waals surface area contributed by atoms with Crippen LogP contribution in [0, 0.1) is 23.7 Å². The highest BCUT2D eigenvalue weighted by molar-refractivity contribution is 5.07. The third-order valence-corrected chi connectivity index (χ3v) is 3.87. The van der Waals surface area contributed by atoms with Gasteiger partial charge in [-0.25, -0.2) is 0 Å². The van der Waals surface area contributed by atoms with Crippen molar-refractivity contribution in [2.75, 3.05) is 0 Å². The van der Waals surface area contributed by atoms with Crippen LogP contribution in [0.1, 0.15) is 25.7 Å². The van der Waals surface area contributed by atoms with Gasteiger partial charge >= 0.3 is 0 Å². The average molecular weight is 108 g/mol. The first-order valence-corrected chi connectivity index (χ1v) is 3.97. The van der Waals surface area contributed by atoms with Gasteiger partial charge in [0.2, 0.25) is 0 Å². The van der Waals surface area contributed by atoms with Gasteiger partial charge in [-0.3, -0.25) is 0 Å². The zero-order valence-electron chi connectivity index (χ0n) is 5.14. The molecule has 3 aliphatic rings. The fourth-order valence-corrected chi connectivity index (χ4v) is 3.08. The molecule has 0 aromatic carbocycles. The second kappa shape index (κ2) is 0.984. The van der Waals surface area contributed by atoms with Gasteiger partial charge in [0.05, 0.1) is 0 Å². The van der Waals surface area contributed by atoms with Gasteiger partial charge < -0.3 is 0 Å². The molecule has 0 heterocycles. The molecular weight excluding hydrogens is 96.1 g/mol. The third-order valence-electron chi connectivity index (χ3n) is 3.87. The van der Waals surface area contributed by atoms with Crippen LogP contribution in [-0.2, 0) is 0 Å². The standard InChI is InChI=1S/C8H12/c1-2-6-5(1)7-3-4-8(6)7/h5-8H,1-4H2/t5-,6+,7-,8+. The predicted molar refractivity (Wildman–Crippen MR) is 32.4 cm³/mol. The Morgan fingerprint density at radius 2 is 0.750 bits per heavy atom. The Kier molecular flexibility index (Phi) is 0.482. The zero-order chi connectivity index (χ0) is 5.14. The Morgan fingerprint density at radius 1 is 0.500 bits per heavy atom. The number of fused-ring (bicyclic) bond motifs is 4. The summed E-state index contributed by atoms with van der Waals surface area (Å²) in [4.78, 5) is 0. The second-order valence-corrected chi connectivity index (χ2v) is 3.81. The van der Waals surface area contributed by atoms with E-state index in [4.69, 9.17) is 0 Å². The van der Waals surface area contributed by atoms with Crippen LogP contribution in [0.15, 0.2) is 0 Å². The van der Waals surface area contributed by atoms with Gasteiger partial charge in [-0.1, -0.05) is 0 Å². The number of hydrogen-bond acceptors (Lipinski definition) is 0. The summed E-state index contributed by atoms with van der Waals surface area (Å²) in [6, 6.07) is 0. The zero-order valence-corrected chi connectivity index (χ0v) is 5.14. The number of rotatable bonds is 0. The quantitative estimate of drug-likeness (QED) is 0.445. The van der Waals surface area contributed by atoms with E-state index in [-0.39, 0.29) is 0 Å². The number of hydrogen-bond donors (Lipinski definition) is 0. The molecule has 8 heavy (non-hydrogen) atoms. The van der Waals surface area contributed by atoms with Gasteiger partial charge in [0.15, 0.2) is 0 Å². The highest BCUT2D eigenvalue weighted by atomic mass is 14.6. The molecule has 0 bridgehead atoms. The van der Waals surface area contributed by atoms with Crippen molar-refractivity contribution in [3.8, 4) is 0 Å². The van der Waals surface area contributed by atoms with Crippen molar-refractivity contribution in [1.29, 1.82) is 0 Å². The van der Waals surface area contributed by atoms with Gasteiger partial charge in [-0.2, -0.15) is 0 Å². The fourth-order valence-electron chi connectivity index (χ4n) is 3.08. The monoisotopic (exact) mass is 108 g/mol. The molecule has 0 aromatic rings. The van der Waals surface area contributed by atoms with Crippen molar-refractivity contribution < 1.29 is 0 Å². The Bertz CT molecular complexity index is 88.0. The topological polar surface area (TPSA) is 0 Å². The average Bonchev–Trinajstić information content (AvgIpc) is 1.70. The summed E-state index contributed by atoms with van der Waals surface area (Å²) in [7, 11) is 0. The SMILES string of the molecule is C1C[C@H]2[C@@H]1[C@H]1CC[C@H]12. The molecule has 0 atom stereocenters. The molecule has 0 heteroatoms. The van der Waals surface area contributed by atoms with Gasteiger partial charge in [0, 0.05) is 0 Å². The van der Waals surface area contributed by atoms with Crippen LogP contribution in [0.25, 0.3) is 0 Å². The molecule has 0 nitrogen and oxygen atoms in total. The van der Waals surface area contributed by atoms with Crippen molar-refractivity contribution in [1.82, 2.24) is 0 Å². The Morgan fingerprint density at radius 3 is 0.875 bits per heavy atom. The molecule has 3 fully saturated rings. The Labute approximate surface area is 50.3 Å². The van der Waals surface area contributed by atoms with Crippen LogP contribution in [0.5, 0.6) is 0 Å². The van der Waals surface area contributed by atoms with E-state index < -0.39 is 0 Å². The van der Waals surface area contributed by atoms with Crippen LogP contribution >= 0.6 is 0 Å². The normalized spacial score (nSPS) is 66.0. The van der Waals surface area contributed by atoms with Crippen molar-refractivity contribution in [2.24, 2.45) is 23.7 Å². The van der Waals surface area contributed by atoms with Crippen molar-refractivity contribution in [2.45, 2.75) is 25.7 Å². The third kappa shape index (κ3) is 0.222. The fraction of sp³-hybridized carbons (Fsp3) is 1.00. The van der Waals surface area contributed by atoms with Gasteiger partial charge in [0.25, 0.3) is 0 Å². The van der Waals surface area contributed by atoms with Crippen LogP contribution in [0.3, 0.4) is 0 Å². The van der Waals surface area contributed by atoms with Crippen molar-refractivity contribution in [3.05, 3.63) is 0 Å². The molecule has 0 aliphatic heterocycles. The molecule has 3 saturated carbocycles. The molecule has 0 aromatic heterocycles. The lowest BCUT2D eigenvalue weighted by molar-refractivity contribution is -0.165. The molecule has 0 spiro atoms. The maximum Gasteiger partial charge on any atom is -0.0352 e.